The molecular weight excluding hydrogens is 366 g/mol. The highest BCUT2D eigenvalue weighted by molar-refractivity contribution is 7.10. The number of rotatable bonds is 3. The van der Waals surface area contributed by atoms with Crippen molar-refractivity contribution < 1.29 is 14.3 Å². The van der Waals surface area contributed by atoms with Gasteiger partial charge in [-0.05, 0) is 36.2 Å². The fraction of sp³-hybridized carbons (Fsp3) is 0.300. The lowest BCUT2D eigenvalue weighted by Gasteiger charge is -2.35. The molecule has 2 aromatic heterocycles. The van der Waals surface area contributed by atoms with Gasteiger partial charge in [0, 0.05) is 39.1 Å². The summed E-state index contributed by atoms with van der Waals surface area (Å²) in [6, 6.07) is 8.06. The lowest BCUT2D eigenvalue weighted by Crippen LogP contribution is -2.35. The van der Waals surface area contributed by atoms with E-state index in [0.29, 0.717) is 12.0 Å². The molecule has 0 saturated carbocycles. The van der Waals surface area contributed by atoms with E-state index in [-0.39, 0.29) is 23.6 Å². The summed E-state index contributed by atoms with van der Waals surface area (Å²) in [7, 11) is 1.38. The molecule has 0 aromatic carbocycles. The first-order valence-electron chi connectivity index (χ1n) is 8.49. The zero-order chi connectivity index (χ0) is 18.3. The molecule has 0 radical (unpaired) electrons. The molecule has 6 heteroatoms. The number of ketones is 1. The minimum atomic E-state index is -0.381. The number of hydrogen-bond donors (Lipinski definition) is 1. The summed E-state index contributed by atoms with van der Waals surface area (Å²) in [5.41, 5.74) is 2.99. The predicted octanol–water partition coefficient (Wildman–Crippen LogP) is 4.34. The van der Waals surface area contributed by atoms with Gasteiger partial charge in [-0.1, -0.05) is 12.1 Å². The number of carbonyl (C=O) groups is 2. The van der Waals surface area contributed by atoms with Gasteiger partial charge in [0.25, 0.3) is 0 Å². The maximum atomic E-state index is 13.1. The molecule has 2 aromatic rings. The molecule has 3 heterocycles. The van der Waals surface area contributed by atoms with Crippen molar-refractivity contribution in [2.75, 3.05) is 7.11 Å². The molecule has 0 unspecified atom stereocenters. The average Bonchev–Trinajstić information content (AvgIpc) is 3.33. The number of methoxy groups -OCH3 is 1. The van der Waals surface area contributed by atoms with Crippen molar-refractivity contribution in [2.24, 2.45) is 0 Å². The molecule has 0 fully saturated rings. The normalized spacial score (nSPS) is 22.9. The van der Waals surface area contributed by atoms with Gasteiger partial charge >= 0.3 is 5.97 Å². The molecular formula is C20H19NO3S2. The lowest BCUT2D eigenvalue weighted by molar-refractivity contribution is -0.136. The van der Waals surface area contributed by atoms with E-state index in [1.54, 1.807) is 22.7 Å². The van der Waals surface area contributed by atoms with Gasteiger partial charge in [0.05, 0.1) is 18.6 Å². The molecule has 0 spiro atoms. The number of esters is 1. The van der Waals surface area contributed by atoms with Crippen LogP contribution in [0.25, 0.3) is 0 Å². The van der Waals surface area contributed by atoms with Gasteiger partial charge in [-0.3, -0.25) is 4.79 Å². The first-order valence-corrected chi connectivity index (χ1v) is 10.2. The molecule has 26 heavy (non-hydrogen) atoms. The van der Waals surface area contributed by atoms with Crippen LogP contribution in [0.2, 0.25) is 0 Å². The molecule has 0 amide bonds. The van der Waals surface area contributed by atoms with Gasteiger partial charge in [0.2, 0.25) is 0 Å². The SMILES string of the molecule is COC(=O)C1=C(C)NC2=C(C(=O)C[C@H](c3cccs3)C2)[C@@H]1c1cccs1. The van der Waals surface area contributed by atoms with Crippen LogP contribution in [0, 0.1) is 0 Å². The number of ether oxygens (including phenoxy) is 1. The van der Waals surface area contributed by atoms with Crippen LogP contribution in [0.3, 0.4) is 0 Å². The summed E-state index contributed by atoms with van der Waals surface area (Å²) in [6.45, 7) is 1.88. The Labute approximate surface area is 160 Å². The molecule has 4 rings (SSSR count). The Balaban J connectivity index is 1.80. The maximum absolute atomic E-state index is 13.1. The first kappa shape index (κ1) is 17.2. The topological polar surface area (TPSA) is 55.4 Å². The molecule has 2 aliphatic rings. The number of hydrogen-bond acceptors (Lipinski definition) is 6. The summed E-state index contributed by atoms with van der Waals surface area (Å²) in [5, 5.41) is 7.37. The zero-order valence-electron chi connectivity index (χ0n) is 14.6. The van der Waals surface area contributed by atoms with Gasteiger partial charge in [-0.2, -0.15) is 0 Å². The highest BCUT2D eigenvalue weighted by Crippen LogP contribution is 2.47. The van der Waals surface area contributed by atoms with Crippen molar-refractivity contribution in [1.29, 1.82) is 0 Å². The molecule has 1 N–H and O–H groups in total. The minimum absolute atomic E-state index is 0.115. The highest BCUT2D eigenvalue weighted by Gasteiger charge is 2.41. The summed E-state index contributed by atoms with van der Waals surface area (Å²) < 4.78 is 5.02. The third kappa shape index (κ3) is 2.83. The van der Waals surface area contributed by atoms with Crippen LogP contribution in [-0.2, 0) is 14.3 Å². The van der Waals surface area contributed by atoms with E-state index < -0.39 is 0 Å². The minimum Gasteiger partial charge on any atom is -0.466 e. The van der Waals surface area contributed by atoms with Crippen LogP contribution in [0.15, 0.2) is 57.6 Å². The van der Waals surface area contributed by atoms with Crippen molar-refractivity contribution in [3.8, 4) is 0 Å². The number of nitrogens with one attached hydrogen (secondary N) is 1. The van der Waals surface area contributed by atoms with Crippen LogP contribution in [0.1, 0.15) is 41.4 Å². The number of carbonyl (C=O) groups excluding carboxylic acids is 2. The largest absolute Gasteiger partial charge is 0.466 e. The molecule has 0 bridgehead atoms. The summed E-state index contributed by atoms with van der Waals surface area (Å²) in [5.74, 6) is -0.404. The van der Waals surface area contributed by atoms with Gasteiger partial charge in [0.15, 0.2) is 5.78 Å². The Morgan fingerprint density at radius 1 is 1.15 bits per heavy atom. The second kappa shape index (κ2) is 6.85. The Morgan fingerprint density at radius 2 is 1.85 bits per heavy atom. The number of thiophene rings is 2. The standard InChI is InChI=1S/C20H19NO3S2/c1-11-17(20(23)24-2)19(16-6-4-8-26-16)18-13(21-11)9-12(10-14(18)22)15-5-3-7-25-15/h3-8,12,19,21H,9-10H2,1-2H3/t12-,19-/m1/s1. The van der Waals surface area contributed by atoms with Crippen LogP contribution in [0.5, 0.6) is 0 Å². The Kier molecular flexibility index (Phi) is 4.54. The monoisotopic (exact) mass is 385 g/mol. The summed E-state index contributed by atoms with van der Waals surface area (Å²) in [4.78, 5) is 27.8. The molecule has 134 valence electrons. The number of dihydropyridines is 1. The van der Waals surface area contributed by atoms with E-state index in [1.165, 1.54) is 12.0 Å². The Bertz CT molecular complexity index is 907. The van der Waals surface area contributed by atoms with Crippen molar-refractivity contribution in [1.82, 2.24) is 5.32 Å². The zero-order valence-corrected chi connectivity index (χ0v) is 16.2. The van der Waals surface area contributed by atoms with Crippen molar-refractivity contribution in [2.45, 2.75) is 31.6 Å². The van der Waals surface area contributed by atoms with Crippen LogP contribution in [-0.4, -0.2) is 18.9 Å². The van der Waals surface area contributed by atoms with E-state index in [2.05, 4.69) is 11.4 Å². The molecule has 1 aliphatic carbocycles. The third-order valence-corrected chi connectivity index (χ3v) is 6.98. The van der Waals surface area contributed by atoms with Gasteiger partial charge in [-0.15, -0.1) is 22.7 Å². The molecule has 0 saturated heterocycles. The fourth-order valence-electron chi connectivity index (χ4n) is 3.88. The first-order chi connectivity index (χ1) is 12.6. The van der Waals surface area contributed by atoms with Gasteiger partial charge in [-0.25, -0.2) is 4.79 Å². The Morgan fingerprint density at radius 3 is 2.46 bits per heavy atom. The van der Waals surface area contributed by atoms with Crippen molar-refractivity contribution in [3.05, 3.63) is 67.3 Å². The summed E-state index contributed by atoms with van der Waals surface area (Å²) in [6.07, 6.45) is 1.27. The van der Waals surface area contributed by atoms with Crippen LogP contribution >= 0.6 is 22.7 Å². The van der Waals surface area contributed by atoms with Gasteiger partial charge < -0.3 is 10.1 Å². The van der Waals surface area contributed by atoms with Gasteiger partial charge in [0.1, 0.15) is 0 Å². The highest BCUT2D eigenvalue weighted by atomic mass is 32.1. The Hall–Kier alpha value is -2.18. The number of allylic oxidation sites excluding steroid dienone is 3. The predicted molar refractivity (Wildman–Crippen MR) is 103 cm³/mol. The second-order valence-corrected chi connectivity index (χ2v) is 8.50. The summed E-state index contributed by atoms with van der Waals surface area (Å²) >= 11 is 3.26. The molecule has 1 aliphatic heterocycles. The molecule has 2 atom stereocenters. The van der Waals surface area contributed by atoms with Crippen LogP contribution < -0.4 is 5.32 Å². The van der Waals surface area contributed by atoms with E-state index >= 15 is 0 Å². The van der Waals surface area contributed by atoms with E-state index in [4.69, 9.17) is 4.74 Å². The fourth-order valence-corrected chi connectivity index (χ4v) is 5.56. The number of Topliss-reactive ketones (excluding diaryl/α,β-unsaturated/α-hetero) is 1. The maximum Gasteiger partial charge on any atom is 0.336 e. The van der Waals surface area contributed by atoms with Crippen molar-refractivity contribution in [3.63, 3.8) is 0 Å². The van der Waals surface area contributed by atoms with E-state index in [9.17, 15) is 9.59 Å². The third-order valence-electron chi connectivity index (χ3n) is 5.01. The van der Waals surface area contributed by atoms with E-state index in [1.807, 2.05) is 35.9 Å². The van der Waals surface area contributed by atoms with E-state index in [0.717, 1.165) is 28.3 Å². The quantitative estimate of drug-likeness (QED) is 0.799. The lowest BCUT2D eigenvalue weighted by atomic mass is 9.74. The van der Waals surface area contributed by atoms with Crippen LogP contribution in [0.4, 0.5) is 0 Å². The van der Waals surface area contributed by atoms with Crippen molar-refractivity contribution >= 4 is 34.4 Å². The smallest absolute Gasteiger partial charge is 0.336 e. The molecule has 4 nitrogen and oxygen atoms in total. The average molecular weight is 386 g/mol. The second-order valence-electron chi connectivity index (χ2n) is 6.54.